The van der Waals surface area contributed by atoms with E-state index in [9.17, 15) is 18.4 Å². The number of hydrogen-bond acceptors (Lipinski definition) is 4. The molecule has 0 saturated heterocycles. The van der Waals surface area contributed by atoms with Gasteiger partial charge >= 0.3 is 0 Å². The average Bonchev–Trinajstić information content (AvgIpc) is 2.51. The lowest BCUT2D eigenvalue weighted by atomic mass is 10.3. The van der Waals surface area contributed by atoms with Crippen molar-refractivity contribution < 1.29 is 18.4 Å². The summed E-state index contributed by atoms with van der Waals surface area (Å²) >= 11 is 12.1. The van der Waals surface area contributed by atoms with Crippen molar-refractivity contribution in [1.82, 2.24) is 0 Å². The van der Waals surface area contributed by atoms with Crippen LogP contribution in [-0.2, 0) is 9.59 Å². The zero-order valence-electron chi connectivity index (χ0n) is 13.5. The highest BCUT2D eigenvalue weighted by Crippen LogP contribution is 2.45. The molecule has 0 aromatic heterocycles. The lowest BCUT2D eigenvalue weighted by Gasteiger charge is -2.11. The molecule has 0 unspecified atom stereocenters. The second-order valence-electron chi connectivity index (χ2n) is 5.05. The molecule has 0 aliphatic rings. The Balaban J connectivity index is 2.25. The number of benzene rings is 2. The van der Waals surface area contributed by atoms with Gasteiger partial charge in [0.05, 0.1) is 21.4 Å². The molecule has 2 amide bonds. The second-order valence-corrected chi connectivity index (χ2v) is 8.08. The monoisotopic (exact) mass is 436 g/mol. The molecule has 138 valence electrons. The molecule has 0 saturated carbocycles. The van der Waals surface area contributed by atoms with Crippen LogP contribution in [0.2, 0.25) is 10.0 Å². The molecule has 2 aromatic rings. The molecule has 0 aliphatic heterocycles. The van der Waals surface area contributed by atoms with E-state index in [1.165, 1.54) is 26.0 Å². The highest BCUT2D eigenvalue weighted by atomic mass is 35.5. The molecule has 0 aliphatic carbocycles. The van der Waals surface area contributed by atoms with E-state index in [4.69, 9.17) is 23.2 Å². The number of carbonyl (C=O) groups is 2. The summed E-state index contributed by atoms with van der Waals surface area (Å²) in [6.07, 6.45) is 0. The van der Waals surface area contributed by atoms with E-state index < -0.39 is 23.4 Å². The molecule has 26 heavy (non-hydrogen) atoms. The third-order valence-electron chi connectivity index (χ3n) is 2.89. The largest absolute Gasteiger partial charge is 0.324 e. The molecule has 2 aromatic carbocycles. The third kappa shape index (κ3) is 5.51. The molecule has 10 heteroatoms. The minimum absolute atomic E-state index is 0.00543. The standard InChI is InChI=1S/C16H12Cl2F2N2O2S2/c1-7(23)21-13-5-15(9(17)3-11(13)19)25-26-16-6-14(22-8(2)24)12(20)4-10(16)18/h3-6H,1-2H3,(H,21,23)(H,22,24). The topological polar surface area (TPSA) is 58.2 Å². The van der Waals surface area contributed by atoms with E-state index in [1.807, 2.05) is 0 Å². The van der Waals surface area contributed by atoms with Crippen LogP contribution in [0.5, 0.6) is 0 Å². The molecule has 0 spiro atoms. The molecular formula is C16H12Cl2F2N2O2S2. The fourth-order valence-electron chi connectivity index (χ4n) is 1.85. The Kier molecular flexibility index (Phi) is 7.16. The molecule has 0 fully saturated rings. The molecule has 0 heterocycles. The van der Waals surface area contributed by atoms with Crippen molar-refractivity contribution in [3.05, 3.63) is 45.9 Å². The molecule has 0 atom stereocenters. The SMILES string of the molecule is CC(=O)Nc1cc(SSc2cc(NC(C)=O)c(F)cc2Cl)c(Cl)cc1F. The third-order valence-corrected chi connectivity index (χ3v) is 6.18. The zero-order valence-corrected chi connectivity index (χ0v) is 16.6. The second kappa shape index (κ2) is 8.94. The van der Waals surface area contributed by atoms with Crippen molar-refractivity contribution in [3.8, 4) is 0 Å². The quantitative estimate of drug-likeness (QED) is 0.565. The number of carbonyl (C=O) groups excluding carboxylic acids is 2. The van der Waals surface area contributed by atoms with E-state index >= 15 is 0 Å². The molecule has 4 nitrogen and oxygen atoms in total. The van der Waals surface area contributed by atoms with Crippen molar-refractivity contribution in [2.24, 2.45) is 0 Å². The van der Waals surface area contributed by atoms with Crippen LogP contribution in [-0.4, -0.2) is 11.8 Å². The molecule has 2 N–H and O–H groups in total. The molecular weight excluding hydrogens is 425 g/mol. The first-order valence-electron chi connectivity index (χ1n) is 7.05. The van der Waals surface area contributed by atoms with E-state index in [0.717, 1.165) is 33.7 Å². The first kappa shape index (κ1) is 20.8. The zero-order chi connectivity index (χ0) is 19.4. The Bertz CT molecular complexity index is 810. The Morgan fingerprint density at radius 2 is 1.15 bits per heavy atom. The van der Waals surface area contributed by atoms with Crippen molar-refractivity contribution in [2.75, 3.05) is 10.6 Å². The van der Waals surface area contributed by atoms with Gasteiger partial charge in [0.2, 0.25) is 11.8 Å². The number of anilines is 2. The Morgan fingerprint density at radius 3 is 1.46 bits per heavy atom. The van der Waals surface area contributed by atoms with Crippen molar-refractivity contribution in [3.63, 3.8) is 0 Å². The van der Waals surface area contributed by atoms with E-state index in [2.05, 4.69) is 10.6 Å². The number of hydrogen-bond donors (Lipinski definition) is 2. The van der Waals surface area contributed by atoms with E-state index in [0.29, 0.717) is 9.79 Å². The smallest absolute Gasteiger partial charge is 0.221 e. The summed E-state index contributed by atoms with van der Waals surface area (Å²) < 4.78 is 27.6. The van der Waals surface area contributed by atoms with Gasteiger partial charge < -0.3 is 10.6 Å². The number of rotatable bonds is 5. The van der Waals surface area contributed by atoms with Crippen molar-refractivity contribution in [1.29, 1.82) is 0 Å². The summed E-state index contributed by atoms with van der Waals surface area (Å²) in [6, 6.07) is 4.96. The van der Waals surface area contributed by atoms with Crippen LogP contribution in [0.15, 0.2) is 34.1 Å². The summed E-state index contributed by atoms with van der Waals surface area (Å²) in [6.45, 7) is 2.52. The first-order chi connectivity index (χ1) is 12.2. The van der Waals surface area contributed by atoms with E-state index in [1.54, 1.807) is 0 Å². The van der Waals surface area contributed by atoms with Crippen molar-refractivity contribution >= 4 is 68.0 Å². The summed E-state index contributed by atoms with van der Waals surface area (Å²) in [7, 11) is 2.29. The minimum atomic E-state index is -0.660. The summed E-state index contributed by atoms with van der Waals surface area (Å²) in [5, 5.41) is 5.04. The summed E-state index contributed by atoms with van der Waals surface area (Å²) in [4.78, 5) is 23.2. The Labute approximate surface area is 166 Å². The van der Waals surface area contributed by atoms with Gasteiger partial charge in [0.1, 0.15) is 11.6 Å². The number of nitrogens with one attached hydrogen (secondary N) is 2. The Hall–Kier alpha value is -1.48. The lowest BCUT2D eigenvalue weighted by molar-refractivity contribution is -0.115. The molecule has 0 radical (unpaired) electrons. The summed E-state index contributed by atoms with van der Waals surface area (Å²) in [5.74, 6) is -2.16. The number of amides is 2. The van der Waals surface area contributed by atoms with Crippen molar-refractivity contribution in [2.45, 2.75) is 23.6 Å². The van der Waals surface area contributed by atoms with Crippen LogP contribution >= 0.6 is 44.8 Å². The van der Waals surface area contributed by atoms with Gasteiger partial charge in [-0.25, -0.2) is 8.78 Å². The number of halogens is 4. The Morgan fingerprint density at radius 1 is 0.808 bits per heavy atom. The maximum Gasteiger partial charge on any atom is 0.221 e. The fourth-order valence-corrected chi connectivity index (χ4v) is 4.81. The van der Waals surface area contributed by atoms with E-state index in [-0.39, 0.29) is 21.4 Å². The van der Waals surface area contributed by atoms with Crippen LogP contribution in [0, 0.1) is 11.6 Å². The van der Waals surface area contributed by atoms with Gasteiger partial charge in [-0.05, 0) is 24.3 Å². The van der Waals surface area contributed by atoms with Crippen LogP contribution < -0.4 is 10.6 Å². The van der Waals surface area contributed by atoms with Gasteiger partial charge in [-0.15, -0.1) is 0 Å². The van der Waals surface area contributed by atoms with Crippen LogP contribution in [0.25, 0.3) is 0 Å². The highest BCUT2D eigenvalue weighted by Gasteiger charge is 2.14. The van der Waals surface area contributed by atoms with Gasteiger partial charge in [-0.3, -0.25) is 9.59 Å². The highest BCUT2D eigenvalue weighted by molar-refractivity contribution is 8.76. The van der Waals surface area contributed by atoms with Gasteiger partial charge in [0.25, 0.3) is 0 Å². The van der Waals surface area contributed by atoms with Gasteiger partial charge in [0, 0.05) is 23.6 Å². The lowest BCUT2D eigenvalue weighted by Crippen LogP contribution is -2.07. The predicted molar refractivity (Wildman–Crippen MR) is 103 cm³/mol. The van der Waals surface area contributed by atoms with Gasteiger partial charge in [-0.1, -0.05) is 44.8 Å². The first-order valence-corrected chi connectivity index (χ1v) is 9.95. The van der Waals surface area contributed by atoms with Crippen LogP contribution in [0.3, 0.4) is 0 Å². The minimum Gasteiger partial charge on any atom is -0.324 e. The van der Waals surface area contributed by atoms with Crippen LogP contribution in [0.1, 0.15) is 13.8 Å². The van der Waals surface area contributed by atoms with Gasteiger partial charge in [-0.2, -0.15) is 0 Å². The average molecular weight is 437 g/mol. The normalized spacial score (nSPS) is 10.5. The van der Waals surface area contributed by atoms with Gasteiger partial charge in [0.15, 0.2) is 0 Å². The summed E-state index contributed by atoms with van der Waals surface area (Å²) in [5.41, 5.74) is -0.0109. The van der Waals surface area contributed by atoms with Crippen LogP contribution in [0.4, 0.5) is 20.2 Å². The maximum absolute atomic E-state index is 13.8. The molecule has 0 bridgehead atoms. The fraction of sp³-hybridized carbons (Fsp3) is 0.125. The molecule has 2 rings (SSSR count). The maximum atomic E-state index is 13.8. The predicted octanol–water partition coefficient (Wildman–Crippen LogP) is 5.99.